The van der Waals surface area contributed by atoms with Crippen molar-refractivity contribution in [3.05, 3.63) is 12.3 Å². The number of carboxylic acids is 1. The molecule has 182 valence electrons. The summed E-state index contributed by atoms with van der Waals surface area (Å²) in [6.45, 7) is 12.2. The van der Waals surface area contributed by atoms with Gasteiger partial charge in [-0.15, -0.1) is 0 Å². The van der Waals surface area contributed by atoms with E-state index in [1.165, 1.54) is 6.21 Å². The smallest absolute Gasteiger partial charge is 0.408 e. The van der Waals surface area contributed by atoms with E-state index in [4.69, 9.17) is 9.84 Å². The van der Waals surface area contributed by atoms with E-state index >= 15 is 0 Å². The van der Waals surface area contributed by atoms with Gasteiger partial charge in [-0.3, -0.25) is 4.79 Å². The van der Waals surface area contributed by atoms with Crippen LogP contribution in [-0.2, 0) is 9.53 Å². The molecule has 1 aliphatic rings. The summed E-state index contributed by atoms with van der Waals surface area (Å²) in [5.41, 5.74) is 2.66. The van der Waals surface area contributed by atoms with Crippen LogP contribution < -0.4 is 21.4 Å². The molecule has 0 unspecified atom stereocenters. The quantitative estimate of drug-likeness (QED) is 0.185. The Labute approximate surface area is 190 Å². The van der Waals surface area contributed by atoms with E-state index in [9.17, 15) is 14.4 Å². The number of nitrogens with zero attached hydrogens (tertiary/aromatic N) is 1. The number of urea groups is 1. The van der Waals surface area contributed by atoms with Gasteiger partial charge in [0, 0.05) is 25.0 Å². The molecule has 0 heterocycles. The third-order valence-electron chi connectivity index (χ3n) is 4.99. The minimum Gasteiger partial charge on any atom is -0.481 e. The van der Waals surface area contributed by atoms with Crippen molar-refractivity contribution in [2.24, 2.45) is 16.9 Å². The van der Waals surface area contributed by atoms with Crippen molar-refractivity contribution < 1.29 is 24.2 Å². The molecule has 1 saturated carbocycles. The fourth-order valence-electron chi connectivity index (χ4n) is 3.34. The van der Waals surface area contributed by atoms with Crippen LogP contribution in [-0.4, -0.2) is 54.1 Å². The average Bonchev–Trinajstić information content (AvgIpc) is 2.68. The molecule has 0 aliphatic heterocycles. The maximum Gasteiger partial charge on any atom is 0.408 e. The van der Waals surface area contributed by atoms with Crippen molar-refractivity contribution in [2.75, 3.05) is 13.1 Å². The number of hydrazone groups is 1. The van der Waals surface area contributed by atoms with Gasteiger partial charge in [0.05, 0.1) is 12.0 Å². The summed E-state index contributed by atoms with van der Waals surface area (Å²) in [6, 6.07) is -0.857. The predicted molar refractivity (Wildman–Crippen MR) is 123 cm³/mol. The number of carbonyl (C=O) groups excluding carboxylic acids is 2. The average molecular weight is 454 g/mol. The second-order valence-corrected chi connectivity index (χ2v) is 9.26. The minimum absolute atomic E-state index is 0.266. The molecule has 0 saturated heterocycles. The molecular weight excluding hydrogens is 414 g/mol. The summed E-state index contributed by atoms with van der Waals surface area (Å²) in [5.74, 6) is -0.749. The maximum absolute atomic E-state index is 12.1. The van der Waals surface area contributed by atoms with Crippen molar-refractivity contribution in [2.45, 2.75) is 77.9 Å². The summed E-state index contributed by atoms with van der Waals surface area (Å²) in [4.78, 5) is 35.1. The number of hydrogen-bond donors (Lipinski definition) is 5. The Bertz CT molecular complexity index is 666. The zero-order chi connectivity index (χ0) is 24.1. The molecule has 5 N–H and O–H groups in total. The Hall–Kier alpha value is -2.78. The highest BCUT2D eigenvalue weighted by Gasteiger charge is 2.26. The summed E-state index contributed by atoms with van der Waals surface area (Å²) in [7, 11) is 0. The molecular formula is C22H39N5O5. The molecule has 1 atom stereocenters. The van der Waals surface area contributed by atoms with E-state index < -0.39 is 29.7 Å². The Balaban J connectivity index is 2.44. The molecule has 1 aliphatic carbocycles. The van der Waals surface area contributed by atoms with Crippen molar-refractivity contribution in [3.63, 3.8) is 0 Å². The van der Waals surface area contributed by atoms with E-state index in [0.29, 0.717) is 32.4 Å². The lowest BCUT2D eigenvalue weighted by Gasteiger charge is -2.26. The van der Waals surface area contributed by atoms with Gasteiger partial charge in [0.2, 0.25) is 0 Å². The molecule has 1 rings (SSSR count). The van der Waals surface area contributed by atoms with E-state index in [1.54, 1.807) is 20.8 Å². The van der Waals surface area contributed by atoms with Gasteiger partial charge in [0.1, 0.15) is 5.60 Å². The second-order valence-electron chi connectivity index (χ2n) is 9.26. The van der Waals surface area contributed by atoms with E-state index in [0.717, 1.165) is 25.0 Å². The normalized spacial score (nSPS) is 19.6. The summed E-state index contributed by atoms with van der Waals surface area (Å²) in [6.07, 6.45) is 5.11. The maximum atomic E-state index is 12.1. The molecule has 0 bridgehead atoms. The van der Waals surface area contributed by atoms with Crippen molar-refractivity contribution in [1.82, 2.24) is 21.4 Å². The molecule has 10 nitrogen and oxygen atoms in total. The Morgan fingerprint density at radius 1 is 1.19 bits per heavy atom. The van der Waals surface area contributed by atoms with Gasteiger partial charge in [-0.2, -0.15) is 5.10 Å². The number of amides is 3. The highest BCUT2D eigenvalue weighted by Crippen LogP contribution is 2.28. The number of allylic oxidation sites excluding steroid dienone is 1. The van der Waals surface area contributed by atoms with E-state index in [1.807, 2.05) is 6.92 Å². The van der Waals surface area contributed by atoms with Crippen molar-refractivity contribution >= 4 is 24.3 Å². The van der Waals surface area contributed by atoms with Crippen molar-refractivity contribution in [1.29, 1.82) is 0 Å². The minimum atomic E-state index is -0.742. The van der Waals surface area contributed by atoms with Crippen LogP contribution in [0.2, 0.25) is 0 Å². The first-order valence-corrected chi connectivity index (χ1v) is 11.1. The number of carboxylic acid groups (broad SMARTS) is 1. The number of alkyl carbamates (subject to hydrolysis) is 1. The fraction of sp³-hybridized carbons (Fsp3) is 0.727. The zero-order valence-electron chi connectivity index (χ0n) is 19.7. The molecule has 0 radical (unpaired) electrons. The number of nitrogens with one attached hydrogen (secondary N) is 4. The van der Waals surface area contributed by atoms with Gasteiger partial charge < -0.3 is 25.8 Å². The van der Waals surface area contributed by atoms with Crippen LogP contribution in [0.15, 0.2) is 17.4 Å². The lowest BCUT2D eigenvalue weighted by atomic mass is 9.82. The van der Waals surface area contributed by atoms with Crippen LogP contribution in [0.3, 0.4) is 0 Å². The Kier molecular flexibility index (Phi) is 11.6. The lowest BCUT2D eigenvalue weighted by molar-refractivity contribution is -0.143. The second kappa shape index (κ2) is 13.6. The summed E-state index contributed by atoms with van der Waals surface area (Å²) >= 11 is 0. The first-order chi connectivity index (χ1) is 15.0. The molecule has 0 aromatic carbocycles. The lowest BCUT2D eigenvalue weighted by Crippen LogP contribution is -2.41. The Morgan fingerprint density at radius 2 is 1.84 bits per heavy atom. The number of hydrogen-bond acceptors (Lipinski definition) is 6. The zero-order valence-corrected chi connectivity index (χ0v) is 19.7. The van der Waals surface area contributed by atoms with E-state index in [2.05, 4.69) is 33.1 Å². The molecule has 0 spiro atoms. The van der Waals surface area contributed by atoms with Gasteiger partial charge in [-0.1, -0.05) is 6.58 Å². The summed E-state index contributed by atoms with van der Waals surface area (Å²) < 4.78 is 5.29. The highest BCUT2D eigenvalue weighted by atomic mass is 16.6. The first kappa shape index (κ1) is 27.3. The van der Waals surface area contributed by atoms with Crippen LogP contribution >= 0.6 is 0 Å². The molecule has 0 aromatic heterocycles. The largest absolute Gasteiger partial charge is 0.481 e. The number of carbonyl (C=O) groups is 3. The topological polar surface area (TPSA) is 141 Å². The molecule has 10 heteroatoms. The summed E-state index contributed by atoms with van der Waals surface area (Å²) in [5, 5.41) is 21.7. The molecule has 1 fully saturated rings. The third-order valence-corrected chi connectivity index (χ3v) is 4.99. The molecule has 32 heavy (non-hydrogen) atoms. The fourth-order valence-corrected chi connectivity index (χ4v) is 3.34. The Morgan fingerprint density at radius 3 is 2.41 bits per heavy atom. The van der Waals surface area contributed by atoms with Gasteiger partial charge in [0.25, 0.3) is 0 Å². The van der Waals surface area contributed by atoms with Crippen LogP contribution in [0, 0.1) is 11.8 Å². The van der Waals surface area contributed by atoms with Gasteiger partial charge in [0.15, 0.2) is 0 Å². The highest BCUT2D eigenvalue weighted by molar-refractivity contribution is 5.78. The van der Waals surface area contributed by atoms with Crippen LogP contribution in [0.4, 0.5) is 9.59 Å². The number of rotatable bonds is 11. The predicted octanol–water partition coefficient (Wildman–Crippen LogP) is 2.96. The van der Waals surface area contributed by atoms with Crippen LogP contribution in [0.5, 0.6) is 0 Å². The van der Waals surface area contributed by atoms with Crippen LogP contribution in [0.25, 0.3) is 0 Å². The van der Waals surface area contributed by atoms with Gasteiger partial charge in [-0.25, -0.2) is 15.0 Å². The van der Waals surface area contributed by atoms with Crippen LogP contribution in [0.1, 0.15) is 66.2 Å². The third kappa shape index (κ3) is 12.8. The van der Waals surface area contributed by atoms with Gasteiger partial charge in [-0.05, 0) is 72.1 Å². The first-order valence-electron chi connectivity index (χ1n) is 11.1. The van der Waals surface area contributed by atoms with Crippen molar-refractivity contribution in [3.8, 4) is 0 Å². The van der Waals surface area contributed by atoms with E-state index in [-0.39, 0.29) is 11.8 Å². The number of ether oxygens (including phenoxy) is 1. The molecule has 0 aromatic rings. The SMILES string of the molecule is C=C(C)NCCC[C@@H](/C=N/NC(=O)NCC1CCC(C(=O)O)CC1)NC(=O)OC(C)(C)C. The standard InChI is InChI=1S/C22H39N5O5/c1-15(2)23-12-6-7-18(26-21(31)32-22(3,4)5)14-25-27-20(30)24-13-16-8-10-17(11-9-16)19(28)29/h14,16-18,23H,1,6-13H2,2-5H3,(H,26,31)(H,28,29)(H2,24,27,30)/b25-14+/t16?,17?,18-/m0/s1. The number of aliphatic carboxylic acids is 1. The van der Waals surface area contributed by atoms with Gasteiger partial charge >= 0.3 is 18.1 Å². The molecule has 3 amide bonds. The monoisotopic (exact) mass is 453 g/mol.